The van der Waals surface area contributed by atoms with Gasteiger partial charge >= 0.3 is 6.09 Å². The van der Waals surface area contributed by atoms with Crippen LogP contribution in [0.25, 0.3) is 0 Å². The van der Waals surface area contributed by atoms with Crippen LogP contribution in [0, 0.1) is 13.8 Å². The van der Waals surface area contributed by atoms with Gasteiger partial charge in [-0.25, -0.2) is 4.79 Å². The van der Waals surface area contributed by atoms with E-state index >= 15 is 0 Å². The molecule has 1 heterocycles. The molecule has 4 heteroatoms. The third-order valence-electron chi connectivity index (χ3n) is 3.73. The van der Waals surface area contributed by atoms with E-state index in [0.717, 1.165) is 34.5 Å². The van der Waals surface area contributed by atoms with Crippen LogP contribution in [0.2, 0.25) is 0 Å². The van der Waals surface area contributed by atoms with Crippen molar-refractivity contribution in [3.05, 3.63) is 22.8 Å². The molecule has 1 aromatic carbocycles. The number of benzene rings is 1. The van der Waals surface area contributed by atoms with Gasteiger partial charge in [-0.1, -0.05) is 0 Å². The topological polar surface area (TPSA) is 49.8 Å². The Morgan fingerprint density at radius 2 is 2.00 bits per heavy atom. The van der Waals surface area contributed by atoms with E-state index in [2.05, 4.69) is 0 Å². The van der Waals surface area contributed by atoms with Gasteiger partial charge in [-0.2, -0.15) is 0 Å². The van der Waals surface area contributed by atoms with Gasteiger partial charge in [0.05, 0.1) is 5.69 Å². The second-order valence-corrected chi connectivity index (χ2v) is 6.57. The molecule has 0 bridgehead atoms. The average Bonchev–Trinajstić information content (AvgIpc) is 2.62. The molecule has 1 aromatic rings. The van der Waals surface area contributed by atoms with Crippen LogP contribution >= 0.6 is 0 Å². The largest absolute Gasteiger partial charge is 0.490 e. The van der Waals surface area contributed by atoms with Gasteiger partial charge in [0.15, 0.2) is 0 Å². The molecule has 1 aliphatic rings. The summed E-state index contributed by atoms with van der Waals surface area (Å²) in [6.07, 6.45) is 0.0772. The van der Waals surface area contributed by atoms with E-state index in [1.165, 1.54) is 4.90 Å². The first-order valence-electron chi connectivity index (χ1n) is 6.95. The van der Waals surface area contributed by atoms with Crippen molar-refractivity contribution in [1.82, 2.24) is 0 Å². The third-order valence-corrected chi connectivity index (χ3v) is 3.73. The number of rotatable bonds is 1. The Morgan fingerprint density at radius 1 is 1.40 bits per heavy atom. The lowest BCUT2D eigenvalue weighted by Crippen LogP contribution is -2.46. The van der Waals surface area contributed by atoms with Gasteiger partial charge in [0.2, 0.25) is 0 Å². The highest BCUT2D eigenvalue weighted by molar-refractivity contribution is 5.90. The Bertz CT molecular complexity index is 558. The number of carboxylic acid groups (broad SMARTS) is 1. The average molecular weight is 277 g/mol. The minimum Gasteiger partial charge on any atom is -0.490 e. The van der Waals surface area contributed by atoms with Crippen LogP contribution in [-0.2, 0) is 6.42 Å². The first-order chi connectivity index (χ1) is 9.12. The molecule has 0 aliphatic carbocycles. The Balaban J connectivity index is 2.63. The normalized spacial score (nSPS) is 17.6. The Hall–Kier alpha value is -1.71. The number of aryl methyl sites for hydroxylation is 1. The number of carbonyl (C=O) groups is 1. The van der Waals surface area contributed by atoms with Crippen molar-refractivity contribution in [2.24, 2.45) is 0 Å². The van der Waals surface area contributed by atoms with E-state index in [0.29, 0.717) is 0 Å². The third kappa shape index (κ3) is 2.35. The van der Waals surface area contributed by atoms with E-state index in [1.807, 2.05) is 47.6 Å². The van der Waals surface area contributed by atoms with Crippen molar-refractivity contribution in [1.29, 1.82) is 0 Å². The Kier molecular flexibility index (Phi) is 3.44. The standard InChI is InChI=1S/C16H23NO3/c1-9-7-13-12(8-10(2)20-13)11(3)14(9)17(15(18)19)16(4,5)6/h7,10H,8H2,1-6H3,(H,18,19). The van der Waals surface area contributed by atoms with E-state index in [-0.39, 0.29) is 6.10 Å². The van der Waals surface area contributed by atoms with Crippen molar-refractivity contribution in [3.8, 4) is 5.75 Å². The molecule has 0 radical (unpaired) electrons. The molecular formula is C16H23NO3. The summed E-state index contributed by atoms with van der Waals surface area (Å²) in [5.74, 6) is 0.899. The Morgan fingerprint density at radius 3 is 2.50 bits per heavy atom. The molecule has 110 valence electrons. The lowest BCUT2D eigenvalue weighted by molar-refractivity contribution is 0.195. The van der Waals surface area contributed by atoms with Crippen molar-refractivity contribution in [3.63, 3.8) is 0 Å². The summed E-state index contributed by atoms with van der Waals surface area (Å²) < 4.78 is 5.78. The van der Waals surface area contributed by atoms with Gasteiger partial charge in [-0.05, 0) is 58.7 Å². The highest BCUT2D eigenvalue weighted by Crippen LogP contribution is 2.41. The Labute approximate surface area is 120 Å². The maximum atomic E-state index is 11.7. The SMILES string of the molecule is Cc1cc2c(c(C)c1N(C(=O)O)C(C)(C)C)CC(C)O2. The first kappa shape index (κ1) is 14.7. The van der Waals surface area contributed by atoms with E-state index in [1.54, 1.807) is 0 Å². The molecule has 1 amide bonds. The molecule has 1 unspecified atom stereocenters. The first-order valence-corrected chi connectivity index (χ1v) is 6.95. The van der Waals surface area contributed by atoms with Gasteiger partial charge in [0.1, 0.15) is 11.9 Å². The summed E-state index contributed by atoms with van der Waals surface area (Å²) in [5, 5.41) is 9.61. The van der Waals surface area contributed by atoms with E-state index in [4.69, 9.17) is 4.74 Å². The number of hydrogen-bond acceptors (Lipinski definition) is 2. The number of amides is 1. The molecule has 20 heavy (non-hydrogen) atoms. The minimum atomic E-state index is -0.921. The summed E-state index contributed by atoms with van der Waals surface area (Å²) in [5.41, 5.74) is 3.39. The van der Waals surface area contributed by atoms with Gasteiger partial charge in [0.25, 0.3) is 0 Å². The van der Waals surface area contributed by atoms with Crippen molar-refractivity contribution in [2.75, 3.05) is 4.90 Å². The van der Waals surface area contributed by atoms with Gasteiger partial charge in [-0.15, -0.1) is 0 Å². The molecule has 4 nitrogen and oxygen atoms in total. The number of fused-ring (bicyclic) bond motifs is 1. The summed E-state index contributed by atoms with van der Waals surface area (Å²) in [4.78, 5) is 13.2. The molecule has 0 aromatic heterocycles. The van der Waals surface area contributed by atoms with E-state index in [9.17, 15) is 9.90 Å². The minimum absolute atomic E-state index is 0.159. The van der Waals surface area contributed by atoms with Crippen LogP contribution < -0.4 is 9.64 Å². The summed E-state index contributed by atoms with van der Waals surface area (Å²) in [7, 11) is 0. The molecule has 2 rings (SSSR count). The van der Waals surface area contributed by atoms with Crippen LogP contribution in [0.3, 0.4) is 0 Å². The molecule has 1 atom stereocenters. The molecule has 0 saturated carbocycles. The highest BCUT2D eigenvalue weighted by atomic mass is 16.5. The highest BCUT2D eigenvalue weighted by Gasteiger charge is 2.33. The van der Waals surface area contributed by atoms with Crippen LogP contribution in [0.5, 0.6) is 5.75 Å². The smallest absolute Gasteiger partial charge is 0.412 e. The molecule has 0 saturated heterocycles. The lowest BCUT2D eigenvalue weighted by Gasteiger charge is -2.35. The summed E-state index contributed by atoms with van der Waals surface area (Å²) in [6.45, 7) is 11.7. The lowest BCUT2D eigenvalue weighted by atomic mass is 9.95. The fourth-order valence-corrected chi connectivity index (χ4v) is 2.94. The maximum Gasteiger partial charge on any atom is 0.412 e. The van der Waals surface area contributed by atoms with Crippen LogP contribution in [0.15, 0.2) is 6.07 Å². The van der Waals surface area contributed by atoms with E-state index < -0.39 is 11.6 Å². The van der Waals surface area contributed by atoms with Crippen molar-refractivity contribution in [2.45, 2.75) is 59.6 Å². The molecule has 0 spiro atoms. The maximum absolute atomic E-state index is 11.7. The molecule has 1 aliphatic heterocycles. The number of ether oxygens (including phenoxy) is 1. The molecular weight excluding hydrogens is 254 g/mol. The molecule has 0 fully saturated rings. The van der Waals surface area contributed by atoms with Crippen LogP contribution in [0.1, 0.15) is 44.4 Å². The predicted octanol–water partition coefficient (Wildman–Crippen LogP) is 3.91. The second kappa shape index (κ2) is 4.69. The summed E-state index contributed by atoms with van der Waals surface area (Å²) in [6, 6.07) is 1.96. The number of hydrogen-bond donors (Lipinski definition) is 1. The van der Waals surface area contributed by atoms with Gasteiger partial charge in [0, 0.05) is 17.5 Å². The van der Waals surface area contributed by atoms with Gasteiger partial charge < -0.3 is 9.84 Å². The second-order valence-electron chi connectivity index (χ2n) is 6.57. The number of anilines is 1. The van der Waals surface area contributed by atoms with Crippen molar-refractivity contribution >= 4 is 11.8 Å². The van der Waals surface area contributed by atoms with Crippen LogP contribution in [-0.4, -0.2) is 22.8 Å². The zero-order valence-corrected chi connectivity index (χ0v) is 13.1. The number of nitrogens with zero attached hydrogens (tertiary/aromatic N) is 1. The zero-order valence-electron chi connectivity index (χ0n) is 13.1. The summed E-state index contributed by atoms with van der Waals surface area (Å²) >= 11 is 0. The zero-order chi connectivity index (χ0) is 15.2. The fraction of sp³-hybridized carbons (Fsp3) is 0.562. The molecule has 1 N–H and O–H groups in total. The van der Waals surface area contributed by atoms with Crippen molar-refractivity contribution < 1.29 is 14.6 Å². The van der Waals surface area contributed by atoms with Gasteiger partial charge in [-0.3, -0.25) is 4.90 Å². The quantitative estimate of drug-likeness (QED) is 0.846. The predicted molar refractivity (Wildman–Crippen MR) is 80.0 cm³/mol. The monoisotopic (exact) mass is 277 g/mol. The van der Waals surface area contributed by atoms with Crippen LogP contribution in [0.4, 0.5) is 10.5 Å². The fourth-order valence-electron chi connectivity index (χ4n) is 2.94.